The highest BCUT2D eigenvalue weighted by Gasteiger charge is 2.11. The van der Waals surface area contributed by atoms with Gasteiger partial charge >= 0.3 is 0 Å². The molecule has 2 aromatic rings. The van der Waals surface area contributed by atoms with Crippen LogP contribution in [0.3, 0.4) is 0 Å². The summed E-state index contributed by atoms with van der Waals surface area (Å²) in [5, 5.41) is 12.0. The van der Waals surface area contributed by atoms with E-state index in [1.54, 1.807) is 7.11 Å². The number of benzene rings is 2. The SMILES string of the molecule is COc1cccc(CNCCOCCO)c1OCc1cccc(C)c1. The Bertz CT molecular complexity index is 645. The number of aliphatic hydroxyl groups is 1. The van der Waals surface area contributed by atoms with Gasteiger partial charge in [-0.2, -0.15) is 0 Å². The second kappa shape index (κ2) is 10.7. The van der Waals surface area contributed by atoms with Crippen LogP contribution in [0.15, 0.2) is 42.5 Å². The highest BCUT2D eigenvalue weighted by atomic mass is 16.5. The molecule has 0 aliphatic heterocycles. The number of para-hydroxylation sites is 1. The average molecular weight is 345 g/mol. The first kappa shape index (κ1) is 19.2. The van der Waals surface area contributed by atoms with Crippen LogP contribution in [0.25, 0.3) is 0 Å². The summed E-state index contributed by atoms with van der Waals surface area (Å²) in [6.45, 7) is 4.90. The third kappa shape index (κ3) is 6.38. The van der Waals surface area contributed by atoms with E-state index in [4.69, 9.17) is 19.3 Å². The van der Waals surface area contributed by atoms with Gasteiger partial charge in [0, 0.05) is 18.7 Å². The Morgan fingerprint density at radius 1 is 1.08 bits per heavy atom. The van der Waals surface area contributed by atoms with Crippen LogP contribution in [-0.2, 0) is 17.9 Å². The van der Waals surface area contributed by atoms with E-state index in [0.717, 1.165) is 22.6 Å². The number of methoxy groups -OCH3 is 1. The van der Waals surface area contributed by atoms with Crippen LogP contribution in [0.5, 0.6) is 11.5 Å². The zero-order valence-electron chi connectivity index (χ0n) is 15.0. The maximum Gasteiger partial charge on any atom is 0.166 e. The molecule has 0 bridgehead atoms. The van der Waals surface area contributed by atoms with Gasteiger partial charge in [0.15, 0.2) is 11.5 Å². The van der Waals surface area contributed by atoms with Gasteiger partial charge in [-0.15, -0.1) is 0 Å². The molecule has 2 N–H and O–H groups in total. The lowest BCUT2D eigenvalue weighted by Crippen LogP contribution is -2.20. The normalized spacial score (nSPS) is 10.7. The molecule has 0 aliphatic carbocycles. The standard InChI is InChI=1S/C20H27NO4/c1-16-5-3-6-17(13-16)15-25-20-18(7-4-8-19(20)23-2)14-21-9-11-24-12-10-22/h3-8,13,21-22H,9-12,14-15H2,1-2H3. The fourth-order valence-electron chi connectivity index (χ4n) is 2.52. The molecule has 0 amide bonds. The van der Waals surface area contributed by atoms with Crippen LogP contribution >= 0.6 is 0 Å². The fraction of sp³-hybridized carbons (Fsp3) is 0.400. The van der Waals surface area contributed by atoms with Gasteiger partial charge in [-0.1, -0.05) is 42.0 Å². The predicted molar refractivity (Wildman–Crippen MR) is 98.1 cm³/mol. The summed E-state index contributed by atoms with van der Waals surface area (Å²) in [6, 6.07) is 14.2. The first-order chi connectivity index (χ1) is 12.2. The van der Waals surface area contributed by atoms with Crippen LogP contribution in [0.2, 0.25) is 0 Å². The van der Waals surface area contributed by atoms with Gasteiger partial charge in [-0.05, 0) is 18.6 Å². The smallest absolute Gasteiger partial charge is 0.166 e. The molecule has 5 nitrogen and oxygen atoms in total. The van der Waals surface area contributed by atoms with Gasteiger partial charge in [0.25, 0.3) is 0 Å². The van der Waals surface area contributed by atoms with Gasteiger partial charge < -0.3 is 24.6 Å². The molecule has 136 valence electrons. The van der Waals surface area contributed by atoms with Gasteiger partial charge in [-0.25, -0.2) is 0 Å². The van der Waals surface area contributed by atoms with Crippen LogP contribution in [-0.4, -0.2) is 38.6 Å². The summed E-state index contributed by atoms with van der Waals surface area (Å²) in [5.74, 6) is 1.48. The van der Waals surface area contributed by atoms with Gasteiger partial charge in [0.1, 0.15) is 6.61 Å². The van der Waals surface area contributed by atoms with Crippen molar-refractivity contribution in [2.24, 2.45) is 0 Å². The predicted octanol–water partition coefficient (Wildman–Crippen LogP) is 2.68. The Hall–Kier alpha value is -2.08. The number of aliphatic hydroxyl groups excluding tert-OH is 1. The summed E-state index contributed by atoms with van der Waals surface area (Å²) in [4.78, 5) is 0. The molecule has 0 saturated carbocycles. The van der Waals surface area contributed by atoms with E-state index >= 15 is 0 Å². The molecule has 2 aromatic carbocycles. The van der Waals surface area contributed by atoms with Crippen LogP contribution in [0.1, 0.15) is 16.7 Å². The van der Waals surface area contributed by atoms with Crippen LogP contribution < -0.4 is 14.8 Å². The van der Waals surface area contributed by atoms with Crippen LogP contribution in [0.4, 0.5) is 0 Å². The number of hydrogen-bond donors (Lipinski definition) is 2. The monoisotopic (exact) mass is 345 g/mol. The summed E-state index contributed by atoms with van der Waals surface area (Å²) in [7, 11) is 1.65. The van der Waals surface area contributed by atoms with Gasteiger partial charge in [0.05, 0.1) is 26.9 Å². The number of hydrogen-bond acceptors (Lipinski definition) is 5. The molecule has 0 spiro atoms. The first-order valence-electron chi connectivity index (χ1n) is 8.48. The van der Waals surface area contributed by atoms with E-state index in [-0.39, 0.29) is 6.61 Å². The van der Waals surface area contributed by atoms with Crippen molar-refractivity contribution in [2.75, 3.05) is 33.5 Å². The Morgan fingerprint density at radius 2 is 1.92 bits per heavy atom. The lowest BCUT2D eigenvalue weighted by atomic mass is 10.1. The number of aryl methyl sites for hydroxylation is 1. The zero-order valence-corrected chi connectivity index (χ0v) is 15.0. The summed E-state index contributed by atoms with van der Waals surface area (Å²) >= 11 is 0. The molecule has 25 heavy (non-hydrogen) atoms. The molecule has 0 aromatic heterocycles. The molecule has 0 unspecified atom stereocenters. The van der Waals surface area contributed by atoms with Crippen LogP contribution in [0, 0.1) is 6.92 Å². The largest absolute Gasteiger partial charge is 0.493 e. The maximum absolute atomic E-state index is 8.69. The van der Waals surface area contributed by atoms with E-state index in [2.05, 4.69) is 30.4 Å². The summed E-state index contributed by atoms with van der Waals surface area (Å²) < 4.78 is 16.8. The Labute approximate surface area is 149 Å². The van der Waals surface area contributed by atoms with Crippen molar-refractivity contribution in [1.82, 2.24) is 5.32 Å². The average Bonchev–Trinajstić information content (AvgIpc) is 2.63. The molecule has 5 heteroatoms. The molecule has 0 aliphatic rings. The summed E-state index contributed by atoms with van der Waals surface area (Å²) in [6.07, 6.45) is 0. The lowest BCUT2D eigenvalue weighted by molar-refractivity contribution is 0.0937. The second-order valence-corrected chi connectivity index (χ2v) is 5.74. The number of nitrogens with one attached hydrogen (secondary N) is 1. The Kier molecular flexibility index (Phi) is 8.25. The van der Waals surface area contributed by atoms with E-state index in [9.17, 15) is 0 Å². The molecule has 2 rings (SSSR count). The number of ether oxygens (including phenoxy) is 3. The van der Waals surface area contributed by atoms with Crippen molar-refractivity contribution in [1.29, 1.82) is 0 Å². The fourth-order valence-corrected chi connectivity index (χ4v) is 2.52. The number of rotatable bonds is 11. The van der Waals surface area contributed by atoms with Crippen molar-refractivity contribution >= 4 is 0 Å². The van der Waals surface area contributed by atoms with E-state index in [0.29, 0.717) is 32.9 Å². The van der Waals surface area contributed by atoms with E-state index in [1.807, 2.05) is 24.3 Å². The van der Waals surface area contributed by atoms with E-state index < -0.39 is 0 Å². The van der Waals surface area contributed by atoms with Gasteiger partial charge in [0.2, 0.25) is 0 Å². The Morgan fingerprint density at radius 3 is 2.68 bits per heavy atom. The Balaban J connectivity index is 1.97. The highest BCUT2D eigenvalue weighted by molar-refractivity contribution is 5.46. The molecule has 0 atom stereocenters. The molecule has 0 saturated heterocycles. The molecular weight excluding hydrogens is 318 g/mol. The van der Waals surface area contributed by atoms with Crippen molar-refractivity contribution in [2.45, 2.75) is 20.1 Å². The minimum Gasteiger partial charge on any atom is -0.493 e. The van der Waals surface area contributed by atoms with Crippen molar-refractivity contribution in [3.63, 3.8) is 0 Å². The second-order valence-electron chi connectivity index (χ2n) is 5.74. The molecular formula is C20H27NO4. The summed E-state index contributed by atoms with van der Waals surface area (Å²) in [5.41, 5.74) is 3.38. The third-order valence-electron chi connectivity index (χ3n) is 3.72. The maximum atomic E-state index is 8.69. The lowest BCUT2D eigenvalue weighted by Gasteiger charge is -2.16. The quantitative estimate of drug-likeness (QED) is 0.613. The molecule has 0 heterocycles. The van der Waals surface area contributed by atoms with Gasteiger partial charge in [-0.3, -0.25) is 0 Å². The van der Waals surface area contributed by atoms with Crippen molar-refractivity contribution in [3.05, 3.63) is 59.2 Å². The topological polar surface area (TPSA) is 60.0 Å². The first-order valence-corrected chi connectivity index (χ1v) is 8.48. The van der Waals surface area contributed by atoms with Crippen molar-refractivity contribution in [3.8, 4) is 11.5 Å². The molecule has 0 radical (unpaired) electrons. The highest BCUT2D eigenvalue weighted by Crippen LogP contribution is 2.31. The minimum atomic E-state index is 0.0484. The van der Waals surface area contributed by atoms with E-state index in [1.165, 1.54) is 5.56 Å². The zero-order chi connectivity index (χ0) is 17.9. The van der Waals surface area contributed by atoms with Crippen molar-refractivity contribution < 1.29 is 19.3 Å². The third-order valence-corrected chi connectivity index (χ3v) is 3.72. The molecule has 0 fully saturated rings. The minimum absolute atomic E-state index is 0.0484.